The number of benzene rings is 1. The standard InChI is InChI=1S/C19H25N3O/c1-4-5-10-22(3)18-11-17(13-20-14-18)19(23)21-12-16-8-6-15(2)7-9-16/h6-9,11,13-14H,4-5,10,12H2,1-3H3,(H,21,23). The average Bonchev–Trinajstić information content (AvgIpc) is 2.59. The minimum atomic E-state index is -0.0937. The van der Waals surface area contributed by atoms with Crippen LogP contribution in [0.5, 0.6) is 0 Å². The van der Waals surface area contributed by atoms with Crippen LogP contribution in [0.15, 0.2) is 42.7 Å². The number of rotatable bonds is 7. The normalized spacial score (nSPS) is 10.4. The first kappa shape index (κ1) is 17.0. The van der Waals surface area contributed by atoms with E-state index >= 15 is 0 Å². The third-order valence-corrected chi connectivity index (χ3v) is 3.85. The van der Waals surface area contributed by atoms with Gasteiger partial charge in [0.1, 0.15) is 0 Å². The molecule has 0 aliphatic heterocycles. The van der Waals surface area contributed by atoms with Gasteiger partial charge in [0.2, 0.25) is 0 Å². The second kappa shape index (κ2) is 8.32. The summed E-state index contributed by atoms with van der Waals surface area (Å²) in [5.74, 6) is -0.0937. The highest BCUT2D eigenvalue weighted by atomic mass is 16.1. The summed E-state index contributed by atoms with van der Waals surface area (Å²) in [7, 11) is 2.03. The monoisotopic (exact) mass is 311 g/mol. The quantitative estimate of drug-likeness (QED) is 0.850. The highest BCUT2D eigenvalue weighted by molar-refractivity contribution is 5.94. The van der Waals surface area contributed by atoms with Crippen molar-refractivity contribution in [2.24, 2.45) is 0 Å². The molecule has 2 aromatic rings. The zero-order chi connectivity index (χ0) is 16.7. The second-order valence-corrected chi connectivity index (χ2v) is 5.88. The molecule has 0 atom stereocenters. The van der Waals surface area contributed by atoms with Crippen molar-refractivity contribution >= 4 is 11.6 Å². The van der Waals surface area contributed by atoms with Crippen molar-refractivity contribution in [2.75, 3.05) is 18.5 Å². The number of unbranched alkanes of at least 4 members (excludes halogenated alkanes) is 1. The van der Waals surface area contributed by atoms with Crippen LogP contribution >= 0.6 is 0 Å². The minimum absolute atomic E-state index is 0.0937. The van der Waals surface area contributed by atoms with Crippen molar-refractivity contribution in [1.29, 1.82) is 0 Å². The van der Waals surface area contributed by atoms with Crippen molar-refractivity contribution in [1.82, 2.24) is 10.3 Å². The second-order valence-electron chi connectivity index (χ2n) is 5.88. The largest absolute Gasteiger partial charge is 0.373 e. The Kier molecular flexibility index (Phi) is 6.15. The molecule has 0 fully saturated rings. The molecule has 2 rings (SSSR count). The van der Waals surface area contributed by atoms with Gasteiger partial charge in [0, 0.05) is 26.3 Å². The average molecular weight is 311 g/mol. The van der Waals surface area contributed by atoms with Gasteiger partial charge in [0.15, 0.2) is 0 Å². The summed E-state index contributed by atoms with van der Waals surface area (Å²) in [6.45, 7) is 5.71. The number of hydrogen-bond donors (Lipinski definition) is 1. The lowest BCUT2D eigenvalue weighted by Gasteiger charge is -2.19. The third-order valence-electron chi connectivity index (χ3n) is 3.85. The Bertz CT molecular complexity index is 637. The predicted molar refractivity (Wildman–Crippen MR) is 94.8 cm³/mol. The van der Waals surface area contributed by atoms with Crippen LogP contribution < -0.4 is 10.2 Å². The molecule has 23 heavy (non-hydrogen) atoms. The van der Waals surface area contributed by atoms with Crippen LogP contribution in [0.2, 0.25) is 0 Å². The molecule has 1 N–H and O–H groups in total. The van der Waals surface area contributed by atoms with Crippen LogP contribution in [0.25, 0.3) is 0 Å². The number of aryl methyl sites for hydroxylation is 1. The molecule has 1 heterocycles. The number of amides is 1. The van der Waals surface area contributed by atoms with Crippen LogP contribution in [-0.4, -0.2) is 24.5 Å². The molecule has 0 saturated carbocycles. The fourth-order valence-corrected chi connectivity index (χ4v) is 2.28. The number of carbonyl (C=O) groups is 1. The Morgan fingerprint density at radius 3 is 2.65 bits per heavy atom. The number of carbonyl (C=O) groups excluding carboxylic acids is 1. The number of aromatic nitrogens is 1. The Morgan fingerprint density at radius 2 is 1.96 bits per heavy atom. The van der Waals surface area contributed by atoms with E-state index in [0.717, 1.165) is 30.6 Å². The number of anilines is 1. The molecule has 122 valence electrons. The molecule has 1 aromatic heterocycles. The Hall–Kier alpha value is -2.36. The number of nitrogens with zero attached hydrogens (tertiary/aromatic N) is 2. The molecule has 0 saturated heterocycles. The van der Waals surface area contributed by atoms with Crippen molar-refractivity contribution in [3.8, 4) is 0 Å². The number of pyridine rings is 1. The topological polar surface area (TPSA) is 45.2 Å². The van der Waals surface area contributed by atoms with E-state index in [9.17, 15) is 4.79 Å². The van der Waals surface area contributed by atoms with Gasteiger partial charge in [-0.15, -0.1) is 0 Å². The summed E-state index contributed by atoms with van der Waals surface area (Å²) in [5, 5.41) is 2.95. The van der Waals surface area contributed by atoms with E-state index in [1.54, 1.807) is 12.4 Å². The Morgan fingerprint density at radius 1 is 1.22 bits per heavy atom. The molecule has 0 bridgehead atoms. The van der Waals surface area contributed by atoms with Crippen molar-refractivity contribution < 1.29 is 4.79 Å². The van der Waals surface area contributed by atoms with Crippen LogP contribution in [0.4, 0.5) is 5.69 Å². The number of hydrogen-bond acceptors (Lipinski definition) is 3. The van der Waals surface area contributed by atoms with Crippen molar-refractivity contribution in [2.45, 2.75) is 33.2 Å². The minimum Gasteiger partial charge on any atom is -0.373 e. The van der Waals surface area contributed by atoms with Crippen molar-refractivity contribution in [3.05, 3.63) is 59.4 Å². The van der Waals surface area contributed by atoms with Gasteiger partial charge in [0.25, 0.3) is 5.91 Å². The first-order valence-electron chi connectivity index (χ1n) is 8.10. The highest BCUT2D eigenvalue weighted by Crippen LogP contribution is 2.14. The van der Waals surface area contributed by atoms with E-state index < -0.39 is 0 Å². The maximum atomic E-state index is 12.3. The van der Waals surface area contributed by atoms with Gasteiger partial charge in [0.05, 0.1) is 17.4 Å². The van der Waals surface area contributed by atoms with Crippen LogP contribution in [0.3, 0.4) is 0 Å². The van der Waals surface area contributed by atoms with Gasteiger partial charge < -0.3 is 10.2 Å². The van der Waals surface area contributed by atoms with Crippen molar-refractivity contribution in [3.63, 3.8) is 0 Å². The number of nitrogens with one attached hydrogen (secondary N) is 1. The first-order chi connectivity index (χ1) is 11.1. The fraction of sp³-hybridized carbons (Fsp3) is 0.368. The van der Waals surface area contributed by atoms with E-state index in [4.69, 9.17) is 0 Å². The van der Waals surface area contributed by atoms with E-state index in [-0.39, 0.29) is 5.91 Å². The van der Waals surface area contributed by atoms with Gasteiger partial charge in [-0.25, -0.2) is 0 Å². The smallest absolute Gasteiger partial charge is 0.253 e. The molecule has 1 amide bonds. The van der Waals surface area contributed by atoms with Gasteiger partial charge in [-0.05, 0) is 25.0 Å². The summed E-state index contributed by atoms with van der Waals surface area (Å²) in [6.07, 6.45) is 5.68. The zero-order valence-electron chi connectivity index (χ0n) is 14.2. The lowest BCUT2D eigenvalue weighted by molar-refractivity contribution is 0.0950. The molecule has 0 spiro atoms. The Labute approximate surface area is 138 Å². The molecule has 0 radical (unpaired) electrons. The summed E-state index contributed by atoms with van der Waals surface area (Å²) in [4.78, 5) is 18.6. The first-order valence-corrected chi connectivity index (χ1v) is 8.10. The summed E-state index contributed by atoms with van der Waals surface area (Å²) < 4.78 is 0. The fourth-order valence-electron chi connectivity index (χ4n) is 2.28. The zero-order valence-corrected chi connectivity index (χ0v) is 14.2. The van der Waals surface area contributed by atoms with Gasteiger partial charge in [-0.1, -0.05) is 43.2 Å². The van der Waals surface area contributed by atoms with E-state index in [1.165, 1.54) is 5.56 Å². The summed E-state index contributed by atoms with van der Waals surface area (Å²) in [6, 6.07) is 10.1. The van der Waals surface area contributed by atoms with E-state index in [1.807, 2.05) is 37.4 Å². The molecule has 0 aliphatic rings. The van der Waals surface area contributed by atoms with Gasteiger partial charge >= 0.3 is 0 Å². The maximum Gasteiger partial charge on any atom is 0.253 e. The van der Waals surface area contributed by atoms with Crippen LogP contribution in [0, 0.1) is 6.92 Å². The van der Waals surface area contributed by atoms with Crippen LogP contribution in [0.1, 0.15) is 41.3 Å². The van der Waals surface area contributed by atoms with E-state index in [2.05, 4.69) is 29.0 Å². The van der Waals surface area contributed by atoms with Gasteiger partial charge in [-0.3, -0.25) is 9.78 Å². The third kappa shape index (κ3) is 5.09. The van der Waals surface area contributed by atoms with E-state index in [0.29, 0.717) is 12.1 Å². The molecule has 1 aromatic carbocycles. The van der Waals surface area contributed by atoms with Gasteiger partial charge in [-0.2, -0.15) is 0 Å². The molecular formula is C19H25N3O. The molecular weight excluding hydrogens is 286 g/mol. The Balaban J connectivity index is 1.97. The summed E-state index contributed by atoms with van der Waals surface area (Å²) >= 11 is 0. The molecule has 4 nitrogen and oxygen atoms in total. The van der Waals surface area contributed by atoms with Crippen LogP contribution in [-0.2, 0) is 6.54 Å². The SMILES string of the molecule is CCCCN(C)c1cncc(C(=O)NCc2ccc(C)cc2)c1. The lowest BCUT2D eigenvalue weighted by Crippen LogP contribution is -2.24. The highest BCUT2D eigenvalue weighted by Gasteiger charge is 2.09. The molecule has 4 heteroatoms. The predicted octanol–water partition coefficient (Wildman–Crippen LogP) is 3.56. The summed E-state index contributed by atoms with van der Waals surface area (Å²) in [5.41, 5.74) is 3.87. The maximum absolute atomic E-state index is 12.3. The molecule has 0 aliphatic carbocycles. The lowest BCUT2D eigenvalue weighted by atomic mass is 10.1. The molecule has 0 unspecified atom stereocenters.